The largest absolute Gasteiger partial charge is 0.375 e. The lowest BCUT2D eigenvalue weighted by Crippen LogP contribution is -2.59. The Balaban J connectivity index is 1.97. The number of fused-ring (bicyclic) bond motifs is 1. The van der Waals surface area contributed by atoms with Crippen LogP contribution in [0.2, 0.25) is 0 Å². The fourth-order valence-corrected chi connectivity index (χ4v) is 3.70. The number of morpholine rings is 1. The molecular formula is C16H32N2O. The standard InChI is InChI=1S/C16H32N2O/c1-4-9-17-12-15(13(2)3)18-10-11-19-16-8-6-5-7-14(16)18/h13-17H,4-12H2,1-3H3. The smallest absolute Gasteiger partial charge is 0.0731 e. The summed E-state index contributed by atoms with van der Waals surface area (Å²) >= 11 is 0. The predicted molar refractivity (Wildman–Crippen MR) is 80.5 cm³/mol. The monoisotopic (exact) mass is 268 g/mol. The van der Waals surface area contributed by atoms with Crippen LogP contribution in [0.1, 0.15) is 52.9 Å². The molecule has 1 aliphatic heterocycles. The third-order valence-electron chi connectivity index (χ3n) is 4.75. The minimum absolute atomic E-state index is 0.509. The lowest BCUT2D eigenvalue weighted by atomic mass is 9.87. The van der Waals surface area contributed by atoms with E-state index in [0.29, 0.717) is 24.1 Å². The lowest BCUT2D eigenvalue weighted by Gasteiger charge is -2.48. The molecule has 0 aromatic rings. The molecule has 1 N–H and O–H groups in total. The summed E-state index contributed by atoms with van der Waals surface area (Å²) in [4.78, 5) is 2.76. The first kappa shape index (κ1) is 15.3. The highest BCUT2D eigenvalue weighted by molar-refractivity contribution is 4.92. The van der Waals surface area contributed by atoms with Gasteiger partial charge >= 0.3 is 0 Å². The highest BCUT2D eigenvalue weighted by atomic mass is 16.5. The van der Waals surface area contributed by atoms with E-state index in [0.717, 1.165) is 26.2 Å². The highest BCUT2D eigenvalue weighted by Gasteiger charge is 2.38. The van der Waals surface area contributed by atoms with E-state index < -0.39 is 0 Å². The Labute approximate surface area is 119 Å². The topological polar surface area (TPSA) is 24.5 Å². The van der Waals surface area contributed by atoms with Crippen molar-refractivity contribution < 1.29 is 4.74 Å². The van der Waals surface area contributed by atoms with Gasteiger partial charge in [-0.15, -0.1) is 0 Å². The van der Waals surface area contributed by atoms with Gasteiger partial charge in [-0.05, 0) is 31.7 Å². The van der Waals surface area contributed by atoms with Crippen LogP contribution in [-0.2, 0) is 4.74 Å². The van der Waals surface area contributed by atoms with E-state index in [9.17, 15) is 0 Å². The molecule has 0 bridgehead atoms. The molecule has 0 spiro atoms. The fraction of sp³-hybridized carbons (Fsp3) is 1.00. The first-order chi connectivity index (χ1) is 9.24. The average Bonchev–Trinajstić information content (AvgIpc) is 2.43. The summed E-state index contributed by atoms with van der Waals surface area (Å²) in [5.41, 5.74) is 0. The van der Waals surface area contributed by atoms with Gasteiger partial charge in [-0.25, -0.2) is 0 Å². The molecule has 3 unspecified atom stereocenters. The quantitative estimate of drug-likeness (QED) is 0.750. The molecule has 1 heterocycles. The number of hydrogen-bond acceptors (Lipinski definition) is 3. The Morgan fingerprint density at radius 1 is 1.26 bits per heavy atom. The van der Waals surface area contributed by atoms with Gasteiger partial charge in [0.25, 0.3) is 0 Å². The van der Waals surface area contributed by atoms with Gasteiger partial charge in [-0.3, -0.25) is 4.90 Å². The molecule has 3 atom stereocenters. The van der Waals surface area contributed by atoms with Gasteiger partial charge < -0.3 is 10.1 Å². The van der Waals surface area contributed by atoms with E-state index in [2.05, 4.69) is 31.0 Å². The van der Waals surface area contributed by atoms with Crippen molar-refractivity contribution in [3.8, 4) is 0 Å². The Bertz CT molecular complexity index is 255. The summed E-state index contributed by atoms with van der Waals surface area (Å²) in [6, 6.07) is 1.35. The van der Waals surface area contributed by atoms with E-state index in [1.54, 1.807) is 0 Å². The maximum Gasteiger partial charge on any atom is 0.0731 e. The Morgan fingerprint density at radius 2 is 2.05 bits per heavy atom. The SMILES string of the molecule is CCCNCC(C(C)C)N1CCOC2CCCCC21. The molecule has 112 valence electrons. The van der Waals surface area contributed by atoms with Crippen LogP contribution in [0.5, 0.6) is 0 Å². The van der Waals surface area contributed by atoms with Gasteiger partial charge in [0.2, 0.25) is 0 Å². The maximum absolute atomic E-state index is 6.01. The predicted octanol–water partition coefficient (Wildman–Crippen LogP) is 2.65. The summed E-state index contributed by atoms with van der Waals surface area (Å²) < 4.78 is 6.01. The fourth-order valence-electron chi connectivity index (χ4n) is 3.70. The van der Waals surface area contributed by atoms with Crippen molar-refractivity contribution in [3.05, 3.63) is 0 Å². The molecule has 3 nitrogen and oxygen atoms in total. The van der Waals surface area contributed by atoms with Crippen LogP contribution in [0.25, 0.3) is 0 Å². The summed E-state index contributed by atoms with van der Waals surface area (Å²) in [6.07, 6.45) is 7.08. The molecule has 2 fully saturated rings. The van der Waals surface area contributed by atoms with Gasteiger partial charge in [0.05, 0.1) is 12.7 Å². The zero-order chi connectivity index (χ0) is 13.7. The molecule has 2 aliphatic rings. The Kier molecular flexibility index (Phi) is 6.11. The molecule has 2 rings (SSSR count). The normalized spacial score (nSPS) is 30.3. The number of rotatable bonds is 6. The first-order valence-corrected chi connectivity index (χ1v) is 8.32. The van der Waals surface area contributed by atoms with Crippen molar-refractivity contribution in [3.63, 3.8) is 0 Å². The number of nitrogens with one attached hydrogen (secondary N) is 1. The second-order valence-electron chi connectivity index (χ2n) is 6.51. The van der Waals surface area contributed by atoms with Crippen LogP contribution in [0.3, 0.4) is 0 Å². The zero-order valence-corrected chi connectivity index (χ0v) is 13.0. The van der Waals surface area contributed by atoms with Crippen LogP contribution < -0.4 is 5.32 Å². The van der Waals surface area contributed by atoms with Gasteiger partial charge in [-0.1, -0.05) is 33.6 Å². The minimum Gasteiger partial charge on any atom is -0.375 e. The van der Waals surface area contributed by atoms with Gasteiger partial charge in [-0.2, -0.15) is 0 Å². The summed E-state index contributed by atoms with van der Waals surface area (Å²) in [6.45, 7) is 11.3. The second-order valence-corrected chi connectivity index (χ2v) is 6.51. The second kappa shape index (κ2) is 7.61. The minimum atomic E-state index is 0.509. The molecule has 0 aromatic heterocycles. The number of ether oxygens (including phenoxy) is 1. The van der Waals surface area contributed by atoms with Crippen LogP contribution in [-0.4, -0.2) is 49.3 Å². The van der Waals surface area contributed by atoms with Crippen LogP contribution in [0, 0.1) is 5.92 Å². The van der Waals surface area contributed by atoms with E-state index >= 15 is 0 Å². The van der Waals surface area contributed by atoms with Crippen LogP contribution >= 0.6 is 0 Å². The molecule has 19 heavy (non-hydrogen) atoms. The zero-order valence-electron chi connectivity index (χ0n) is 13.0. The Morgan fingerprint density at radius 3 is 2.79 bits per heavy atom. The number of hydrogen-bond donors (Lipinski definition) is 1. The molecule has 0 aromatic carbocycles. The third kappa shape index (κ3) is 3.93. The molecule has 3 heteroatoms. The third-order valence-corrected chi connectivity index (χ3v) is 4.75. The first-order valence-electron chi connectivity index (χ1n) is 8.32. The molecule has 1 saturated carbocycles. The molecule has 0 amide bonds. The lowest BCUT2D eigenvalue weighted by molar-refractivity contribution is -0.107. The van der Waals surface area contributed by atoms with Crippen molar-refractivity contribution in [2.24, 2.45) is 5.92 Å². The molecule has 1 saturated heterocycles. The summed E-state index contributed by atoms with van der Waals surface area (Å²) in [5, 5.41) is 3.63. The summed E-state index contributed by atoms with van der Waals surface area (Å²) in [7, 11) is 0. The Hall–Kier alpha value is -0.120. The van der Waals surface area contributed by atoms with Gasteiger partial charge in [0.15, 0.2) is 0 Å². The van der Waals surface area contributed by atoms with Crippen LogP contribution in [0.4, 0.5) is 0 Å². The van der Waals surface area contributed by atoms with Crippen molar-refractivity contribution >= 4 is 0 Å². The molecule has 0 radical (unpaired) electrons. The van der Waals surface area contributed by atoms with Crippen molar-refractivity contribution in [2.75, 3.05) is 26.2 Å². The summed E-state index contributed by atoms with van der Waals surface area (Å²) in [5.74, 6) is 0.713. The van der Waals surface area contributed by atoms with E-state index in [-0.39, 0.29) is 0 Å². The van der Waals surface area contributed by atoms with Crippen molar-refractivity contribution in [1.82, 2.24) is 10.2 Å². The van der Waals surface area contributed by atoms with Crippen molar-refractivity contribution in [2.45, 2.75) is 71.1 Å². The van der Waals surface area contributed by atoms with Crippen molar-refractivity contribution in [1.29, 1.82) is 0 Å². The van der Waals surface area contributed by atoms with E-state index in [1.807, 2.05) is 0 Å². The maximum atomic E-state index is 6.01. The number of nitrogens with zero attached hydrogens (tertiary/aromatic N) is 1. The average molecular weight is 268 g/mol. The van der Waals surface area contributed by atoms with Gasteiger partial charge in [0.1, 0.15) is 0 Å². The molecular weight excluding hydrogens is 236 g/mol. The van der Waals surface area contributed by atoms with E-state index in [1.165, 1.54) is 32.1 Å². The van der Waals surface area contributed by atoms with Gasteiger partial charge in [0, 0.05) is 25.2 Å². The van der Waals surface area contributed by atoms with Crippen LogP contribution in [0.15, 0.2) is 0 Å². The molecule has 1 aliphatic carbocycles. The highest BCUT2D eigenvalue weighted by Crippen LogP contribution is 2.31. The van der Waals surface area contributed by atoms with E-state index in [4.69, 9.17) is 4.74 Å².